The quantitative estimate of drug-likeness (QED) is 0.135. The van der Waals surface area contributed by atoms with Crippen molar-refractivity contribution in [2.45, 2.75) is 76.8 Å². The van der Waals surface area contributed by atoms with Crippen molar-refractivity contribution in [3.63, 3.8) is 0 Å². The highest BCUT2D eigenvalue weighted by atomic mass is 16.5. The molecule has 256 valence electrons. The molecular weight excluding hydrogens is 636 g/mol. The van der Waals surface area contributed by atoms with Crippen molar-refractivity contribution in [3.8, 4) is 17.6 Å². The van der Waals surface area contributed by atoms with Gasteiger partial charge in [-0.05, 0) is 35.6 Å². The molecule has 4 atom stereocenters. The number of carbonyl (C=O) groups excluding carboxylic acids is 2. The van der Waals surface area contributed by atoms with Crippen molar-refractivity contribution >= 4 is 23.7 Å². The minimum Gasteiger partial charge on any atom is -0.476 e. The number of fused-ring (bicyclic) bond motifs is 4. The topological polar surface area (TPSA) is 152 Å². The molecule has 3 aliphatic heterocycles. The number of aromatic carboxylic acids is 1. The van der Waals surface area contributed by atoms with Gasteiger partial charge in [-0.15, -0.1) is 0 Å². The van der Waals surface area contributed by atoms with E-state index in [9.17, 15) is 19.5 Å². The zero-order valence-corrected chi connectivity index (χ0v) is 28.0. The molecule has 0 fully saturated rings. The molecule has 4 aromatic rings. The van der Waals surface area contributed by atoms with Gasteiger partial charge in [0.05, 0.1) is 5.69 Å². The average Bonchev–Trinajstić information content (AvgIpc) is 3.78. The van der Waals surface area contributed by atoms with E-state index in [1.165, 1.54) is 0 Å². The lowest BCUT2D eigenvalue weighted by atomic mass is 9.72. The summed E-state index contributed by atoms with van der Waals surface area (Å²) in [4.78, 5) is 44.5. The van der Waals surface area contributed by atoms with Crippen LogP contribution in [0.3, 0.4) is 0 Å². The molecule has 3 aromatic carbocycles. The number of amides is 2. The molecule has 11 nitrogen and oxygen atoms in total. The summed E-state index contributed by atoms with van der Waals surface area (Å²) < 4.78 is 18.6. The lowest BCUT2D eigenvalue weighted by molar-refractivity contribution is -0.124. The van der Waals surface area contributed by atoms with Gasteiger partial charge in [-0.2, -0.15) is 0 Å². The van der Waals surface area contributed by atoms with Crippen LogP contribution in [-0.2, 0) is 28.0 Å². The van der Waals surface area contributed by atoms with Gasteiger partial charge in [0.1, 0.15) is 29.9 Å². The molecule has 0 radical (unpaired) electrons. The number of hydrogen-bond acceptors (Lipinski definition) is 8. The Kier molecular flexibility index (Phi) is 8.70. The number of unbranched alkanes of at least 4 members (excludes halogenated alkanes) is 2. The smallest absolute Gasteiger partial charge is 0.408 e. The van der Waals surface area contributed by atoms with Gasteiger partial charge in [0, 0.05) is 29.5 Å². The molecule has 4 bridgehead atoms. The number of aromatic nitrogens is 1. The van der Waals surface area contributed by atoms with Crippen molar-refractivity contribution in [2.75, 3.05) is 5.32 Å². The Bertz CT molecular complexity index is 2030. The van der Waals surface area contributed by atoms with E-state index < -0.39 is 41.7 Å². The number of ether oxygens (including phenoxy) is 2. The maximum atomic E-state index is 13.9. The van der Waals surface area contributed by atoms with Gasteiger partial charge in [-0.3, -0.25) is 4.79 Å². The van der Waals surface area contributed by atoms with E-state index >= 15 is 0 Å². The molecule has 0 aliphatic carbocycles. The van der Waals surface area contributed by atoms with Crippen LogP contribution >= 0.6 is 0 Å². The van der Waals surface area contributed by atoms with Gasteiger partial charge < -0.3 is 34.9 Å². The van der Waals surface area contributed by atoms with E-state index in [0.717, 1.165) is 41.6 Å². The molecule has 11 heteroatoms. The fraction of sp³-hybridized carbons (Fsp3) is 0.333. The maximum Gasteiger partial charge on any atom is 0.408 e. The van der Waals surface area contributed by atoms with Crippen molar-refractivity contribution in [2.24, 2.45) is 5.92 Å². The number of nitrogens with zero attached hydrogens (tertiary/aromatic N) is 1. The van der Waals surface area contributed by atoms with Crippen molar-refractivity contribution in [3.05, 3.63) is 112 Å². The maximum absolute atomic E-state index is 13.9. The first-order chi connectivity index (χ1) is 24.2. The second kappa shape index (κ2) is 13.3. The molecule has 1 aromatic heterocycles. The van der Waals surface area contributed by atoms with Gasteiger partial charge in [-0.25, -0.2) is 14.6 Å². The van der Waals surface area contributed by atoms with E-state index in [1.807, 2.05) is 74.5 Å². The number of oxazole rings is 1. The third kappa shape index (κ3) is 5.70. The summed E-state index contributed by atoms with van der Waals surface area (Å²) >= 11 is 0. The average molecular weight is 675 g/mol. The number of carbonyl (C=O) groups is 3. The zero-order chi connectivity index (χ0) is 35.0. The molecule has 1 spiro atoms. The Morgan fingerprint density at radius 2 is 1.92 bits per heavy atom. The molecule has 0 saturated carbocycles. The second-order valence-corrected chi connectivity index (χ2v) is 13.1. The number of hydrogen-bond donors (Lipinski definition) is 4. The van der Waals surface area contributed by atoms with E-state index in [1.54, 1.807) is 6.07 Å². The monoisotopic (exact) mass is 674 g/mol. The first-order valence-electron chi connectivity index (χ1n) is 16.9. The summed E-state index contributed by atoms with van der Waals surface area (Å²) in [6.45, 7) is 5.89. The summed E-state index contributed by atoms with van der Waals surface area (Å²) in [6.07, 6.45) is 1.36. The number of benzene rings is 3. The van der Waals surface area contributed by atoms with Crippen molar-refractivity contribution < 1.29 is 33.4 Å². The SMILES string of the molecule is CCCCC#Cc1cccc2c1NC1Oc3ccc4cc3C21c1oc(nc1C(=O)O)[C@H](C(C)C)NC(=O)[C@@H](NC(=O)OCc1ccccc1)C4. The van der Waals surface area contributed by atoms with Crippen LogP contribution in [0.25, 0.3) is 0 Å². The second-order valence-electron chi connectivity index (χ2n) is 13.1. The fourth-order valence-electron chi connectivity index (χ4n) is 6.96. The third-order valence-electron chi connectivity index (χ3n) is 9.45. The summed E-state index contributed by atoms with van der Waals surface area (Å²) in [5.41, 5.74) is 2.86. The van der Waals surface area contributed by atoms with Crippen LogP contribution < -0.4 is 20.7 Å². The van der Waals surface area contributed by atoms with Gasteiger partial charge in [0.15, 0.2) is 17.7 Å². The van der Waals surface area contributed by atoms with Gasteiger partial charge >= 0.3 is 12.1 Å². The lowest BCUT2D eigenvalue weighted by Crippen LogP contribution is -2.49. The van der Waals surface area contributed by atoms with E-state index in [-0.39, 0.29) is 36.3 Å². The predicted molar refractivity (Wildman–Crippen MR) is 184 cm³/mol. The van der Waals surface area contributed by atoms with E-state index in [4.69, 9.17) is 13.9 Å². The first kappa shape index (κ1) is 32.8. The molecule has 2 amide bonds. The Hall–Kier alpha value is -5.76. The molecular formula is C39H38N4O7. The Balaban J connectivity index is 1.36. The van der Waals surface area contributed by atoms with Crippen LogP contribution in [0.2, 0.25) is 0 Å². The van der Waals surface area contributed by atoms with E-state index in [0.29, 0.717) is 16.9 Å². The molecule has 0 saturated heterocycles. The number of alkyl carbamates (subject to hydrolysis) is 1. The standard InChI is InChI=1S/C39H38N4O7/c1-4-5-6-10-14-25-15-11-16-26-31(25)43-37-39(26)27-19-24(17-18-29(27)49-37)20-28(40-38(47)48-21-23-12-8-7-9-13-23)34(44)41-30(22(2)3)35-42-32(36(45)46)33(39)50-35/h7-9,11-13,15-19,22,28,30,37,43H,4-6,20-21H2,1-3H3,(H,40,47)(H,41,44)(H,45,46)/t28-,30-,37?,39?/m0/s1. The number of para-hydroxylation sites is 1. The summed E-state index contributed by atoms with van der Waals surface area (Å²) in [7, 11) is 0. The minimum atomic E-state index is -1.28. The Morgan fingerprint density at radius 1 is 1.10 bits per heavy atom. The zero-order valence-electron chi connectivity index (χ0n) is 28.0. The molecule has 4 heterocycles. The summed E-state index contributed by atoms with van der Waals surface area (Å²) in [6, 6.07) is 18.7. The number of rotatable bonds is 7. The molecule has 3 aliphatic rings. The summed E-state index contributed by atoms with van der Waals surface area (Å²) in [5.74, 6) is 5.18. The van der Waals surface area contributed by atoms with Gasteiger partial charge in [-0.1, -0.05) is 93.6 Å². The van der Waals surface area contributed by atoms with Crippen LogP contribution in [-0.4, -0.2) is 40.3 Å². The predicted octanol–water partition coefficient (Wildman–Crippen LogP) is 6.06. The highest BCUT2D eigenvalue weighted by Gasteiger charge is 2.61. The van der Waals surface area contributed by atoms with Crippen LogP contribution in [0.1, 0.15) is 96.0 Å². The summed E-state index contributed by atoms with van der Waals surface area (Å²) in [5, 5.41) is 19.8. The number of carboxylic acid groups (broad SMARTS) is 1. The van der Waals surface area contributed by atoms with Crippen LogP contribution in [0.15, 0.2) is 71.1 Å². The number of nitrogens with one attached hydrogen (secondary N) is 3. The van der Waals surface area contributed by atoms with Crippen molar-refractivity contribution in [1.29, 1.82) is 0 Å². The first-order valence-corrected chi connectivity index (χ1v) is 16.9. The minimum absolute atomic E-state index is 0.0319. The highest BCUT2D eigenvalue weighted by Crippen LogP contribution is 2.59. The largest absolute Gasteiger partial charge is 0.476 e. The molecule has 50 heavy (non-hydrogen) atoms. The third-order valence-corrected chi connectivity index (χ3v) is 9.45. The fourth-order valence-corrected chi connectivity index (χ4v) is 6.96. The molecule has 7 rings (SSSR count). The Morgan fingerprint density at radius 3 is 2.68 bits per heavy atom. The lowest BCUT2D eigenvalue weighted by Gasteiger charge is -2.28. The number of carboxylic acids is 1. The van der Waals surface area contributed by atoms with Crippen molar-refractivity contribution in [1.82, 2.24) is 15.6 Å². The van der Waals surface area contributed by atoms with Gasteiger partial charge in [0.2, 0.25) is 11.8 Å². The van der Waals surface area contributed by atoms with E-state index in [2.05, 4.69) is 39.7 Å². The molecule has 4 N–H and O–H groups in total. The van der Waals surface area contributed by atoms with Gasteiger partial charge in [0.25, 0.3) is 0 Å². The Labute approximate surface area is 289 Å². The highest BCUT2D eigenvalue weighted by molar-refractivity contribution is 5.90. The normalized spacial score (nSPS) is 21.2. The van der Waals surface area contributed by atoms with Crippen LogP contribution in [0, 0.1) is 17.8 Å². The number of anilines is 1. The van der Waals surface area contributed by atoms with Crippen LogP contribution in [0.5, 0.6) is 5.75 Å². The molecule has 2 unspecified atom stereocenters. The van der Waals surface area contributed by atoms with Crippen LogP contribution in [0.4, 0.5) is 10.5 Å².